The van der Waals surface area contributed by atoms with Gasteiger partial charge in [-0.05, 0) is 17.9 Å². The molecule has 98 valence electrons. The predicted molar refractivity (Wildman–Crippen MR) is 68.2 cm³/mol. The highest BCUT2D eigenvalue weighted by Crippen LogP contribution is 2.47. The fourth-order valence-corrected chi connectivity index (χ4v) is 2.10. The van der Waals surface area contributed by atoms with Crippen LogP contribution in [-0.2, 0) is 9.53 Å². The maximum absolute atomic E-state index is 11.8. The number of hydrogen-bond acceptors (Lipinski definition) is 3. The van der Waals surface area contributed by atoms with E-state index in [0.29, 0.717) is 25.7 Å². The smallest absolute Gasteiger partial charge is 0.223 e. The van der Waals surface area contributed by atoms with Crippen molar-refractivity contribution in [1.82, 2.24) is 5.32 Å². The van der Waals surface area contributed by atoms with Crippen molar-refractivity contribution in [3.63, 3.8) is 0 Å². The van der Waals surface area contributed by atoms with E-state index in [1.165, 1.54) is 5.56 Å². The number of amides is 1. The predicted octanol–water partition coefficient (Wildman–Crippen LogP) is 0.915. The van der Waals surface area contributed by atoms with Gasteiger partial charge >= 0.3 is 0 Å². The summed E-state index contributed by atoms with van der Waals surface area (Å²) in [5.41, 5.74) is 1.24. The Kier molecular flexibility index (Phi) is 4.73. The van der Waals surface area contributed by atoms with Crippen LogP contribution >= 0.6 is 0 Å². The van der Waals surface area contributed by atoms with Crippen LogP contribution in [0.15, 0.2) is 30.3 Å². The van der Waals surface area contributed by atoms with Crippen molar-refractivity contribution in [3.8, 4) is 0 Å². The molecule has 1 aliphatic carbocycles. The zero-order valence-corrected chi connectivity index (χ0v) is 10.3. The molecule has 4 nitrogen and oxygen atoms in total. The molecular weight excluding hydrogens is 230 g/mol. The number of hydrogen-bond donors (Lipinski definition) is 2. The lowest BCUT2D eigenvalue weighted by atomic mass is 10.1. The van der Waals surface area contributed by atoms with Gasteiger partial charge in [0.15, 0.2) is 0 Å². The molecule has 1 amide bonds. The van der Waals surface area contributed by atoms with Crippen LogP contribution in [0.1, 0.15) is 17.9 Å². The molecule has 1 aromatic carbocycles. The van der Waals surface area contributed by atoms with Gasteiger partial charge in [0.05, 0.1) is 19.8 Å². The molecule has 0 aliphatic heterocycles. The van der Waals surface area contributed by atoms with Gasteiger partial charge in [0.2, 0.25) is 5.91 Å². The van der Waals surface area contributed by atoms with E-state index in [0.717, 1.165) is 6.42 Å². The van der Waals surface area contributed by atoms with Crippen LogP contribution in [0.3, 0.4) is 0 Å². The Hall–Kier alpha value is -1.39. The number of aliphatic hydroxyl groups is 1. The van der Waals surface area contributed by atoms with Crippen molar-refractivity contribution in [2.75, 3.05) is 26.4 Å². The van der Waals surface area contributed by atoms with Crippen molar-refractivity contribution in [2.24, 2.45) is 5.92 Å². The minimum Gasteiger partial charge on any atom is -0.394 e. The zero-order valence-electron chi connectivity index (χ0n) is 10.3. The van der Waals surface area contributed by atoms with E-state index in [2.05, 4.69) is 17.4 Å². The normalized spacial score (nSPS) is 21.6. The number of benzene rings is 1. The molecule has 0 spiro atoms. The summed E-state index contributed by atoms with van der Waals surface area (Å²) in [6, 6.07) is 10.1. The maximum atomic E-state index is 11.8. The van der Waals surface area contributed by atoms with Crippen molar-refractivity contribution in [2.45, 2.75) is 12.3 Å². The first-order valence-corrected chi connectivity index (χ1v) is 6.34. The first kappa shape index (κ1) is 13.1. The lowest BCUT2D eigenvalue weighted by molar-refractivity contribution is -0.122. The summed E-state index contributed by atoms with van der Waals surface area (Å²) in [4.78, 5) is 11.8. The summed E-state index contributed by atoms with van der Waals surface area (Å²) in [6.45, 7) is 1.31. The summed E-state index contributed by atoms with van der Waals surface area (Å²) < 4.78 is 5.08. The summed E-state index contributed by atoms with van der Waals surface area (Å²) in [6.07, 6.45) is 0.938. The Morgan fingerprint density at radius 2 is 2.11 bits per heavy atom. The number of carbonyl (C=O) groups excluding carboxylic acids is 1. The van der Waals surface area contributed by atoms with Crippen LogP contribution in [0.4, 0.5) is 0 Å². The second-order valence-electron chi connectivity index (χ2n) is 4.49. The van der Waals surface area contributed by atoms with E-state index in [1.54, 1.807) is 0 Å². The van der Waals surface area contributed by atoms with Gasteiger partial charge in [0.25, 0.3) is 0 Å². The van der Waals surface area contributed by atoms with E-state index in [9.17, 15) is 4.79 Å². The molecule has 1 saturated carbocycles. The SMILES string of the molecule is O=C(NCCOCCO)C1CC1c1ccccc1. The third kappa shape index (κ3) is 3.55. The van der Waals surface area contributed by atoms with Crippen LogP contribution in [0.5, 0.6) is 0 Å². The second-order valence-corrected chi connectivity index (χ2v) is 4.49. The fraction of sp³-hybridized carbons (Fsp3) is 0.500. The third-order valence-corrected chi connectivity index (χ3v) is 3.14. The molecule has 0 heterocycles. The Labute approximate surface area is 107 Å². The van der Waals surface area contributed by atoms with Crippen molar-refractivity contribution in [3.05, 3.63) is 35.9 Å². The lowest BCUT2D eigenvalue weighted by Crippen LogP contribution is -2.29. The first-order valence-electron chi connectivity index (χ1n) is 6.34. The number of nitrogens with one attached hydrogen (secondary N) is 1. The summed E-state index contributed by atoms with van der Waals surface area (Å²) in [5.74, 6) is 0.603. The summed E-state index contributed by atoms with van der Waals surface area (Å²) in [5, 5.41) is 11.4. The largest absolute Gasteiger partial charge is 0.394 e. The Balaban J connectivity index is 1.67. The molecule has 2 N–H and O–H groups in total. The summed E-state index contributed by atoms with van der Waals surface area (Å²) >= 11 is 0. The van der Waals surface area contributed by atoms with Gasteiger partial charge < -0.3 is 15.2 Å². The highest BCUT2D eigenvalue weighted by atomic mass is 16.5. The van der Waals surface area contributed by atoms with Gasteiger partial charge in [-0.25, -0.2) is 0 Å². The molecule has 2 atom stereocenters. The van der Waals surface area contributed by atoms with Crippen LogP contribution < -0.4 is 5.32 Å². The van der Waals surface area contributed by atoms with E-state index >= 15 is 0 Å². The van der Waals surface area contributed by atoms with E-state index < -0.39 is 0 Å². The molecule has 4 heteroatoms. The van der Waals surface area contributed by atoms with Gasteiger partial charge in [-0.3, -0.25) is 4.79 Å². The molecule has 2 unspecified atom stereocenters. The van der Waals surface area contributed by atoms with E-state index in [-0.39, 0.29) is 18.4 Å². The molecule has 18 heavy (non-hydrogen) atoms. The fourth-order valence-electron chi connectivity index (χ4n) is 2.10. The molecule has 0 aromatic heterocycles. The van der Waals surface area contributed by atoms with Gasteiger partial charge in [0.1, 0.15) is 0 Å². The van der Waals surface area contributed by atoms with Crippen LogP contribution in [0.25, 0.3) is 0 Å². The average molecular weight is 249 g/mol. The van der Waals surface area contributed by atoms with Crippen LogP contribution in [0, 0.1) is 5.92 Å². The molecular formula is C14H19NO3. The van der Waals surface area contributed by atoms with Crippen molar-refractivity contribution in [1.29, 1.82) is 0 Å². The highest BCUT2D eigenvalue weighted by Gasteiger charge is 2.43. The highest BCUT2D eigenvalue weighted by molar-refractivity contribution is 5.82. The van der Waals surface area contributed by atoms with Crippen LogP contribution in [-0.4, -0.2) is 37.4 Å². The minimum atomic E-state index is 0.0205. The van der Waals surface area contributed by atoms with Crippen LogP contribution in [0.2, 0.25) is 0 Å². The van der Waals surface area contributed by atoms with E-state index in [4.69, 9.17) is 9.84 Å². The zero-order chi connectivity index (χ0) is 12.8. The monoisotopic (exact) mass is 249 g/mol. The van der Waals surface area contributed by atoms with Crippen molar-refractivity contribution < 1.29 is 14.6 Å². The van der Waals surface area contributed by atoms with Gasteiger partial charge in [0, 0.05) is 12.5 Å². The Morgan fingerprint density at radius 3 is 2.83 bits per heavy atom. The Bertz CT molecular complexity index is 380. The number of aliphatic hydroxyl groups excluding tert-OH is 1. The molecule has 1 fully saturated rings. The molecule has 1 aromatic rings. The molecule has 0 radical (unpaired) electrons. The van der Waals surface area contributed by atoms with Gasteiger partial charge in [-0.1, -0.05) is 30.3 Å². The molecule has 0 bridgehead atoms. The number of ether oxygens (including phenoxy) is 1. The number of rotatable bonds is 7. The standard InChI is InChI=1S/C14H19NO3/c16-7-9-18-8-6-15-14(17)13-10-12(13)11-4-2-1-3-5-11/h1-5,12-13,16H,6-10H2,(H,15,17). The van der Waals surface area contributed by atoms with Gasteiger partial charge in [-0.15, -0.1) is 0 Å². The second kappa shape index (κ2) is 6.52. The Morgan fingerprint density at radius 1 is 1.33 bits per heavy atom. The summed E-state index contributed by atoms with van der Waals surface area (Å²) in [7, 11) is 0. The molecule has 2 rings (SSSR count). The maximum Gasteiger partial charge on any atom is 0.223 e. The van der Waals surface area contributed by atoms with E-state index in [1.807, 2.05) is 18.2 Å². The van der Waals surface area contributed by atoms with Crippen molar-refractivity contribution >= 4 is 5.91 Å². The number of carbonyl (C=O) groups is 1. The van der Waals surface area contributed by atoms with Gasteiger partial charge in [-0.2, -0.15) is 0 Å². The lowest BCUT2D eigenvalue weighted by Gasteiger charge is -2.05. The topological polar surface area (TPSA) is 58.6 Å². The average Bonchev–Trinajstić information content (AvgIpc) is 3.20. The first-order chi connectivity index (χ1) is 8.83. The third-order valence-electron chi connectivity index (χ3n) is 3.14. The molecule has 0 saturated heterocycles. The quantitative estimate of drug-likeness (QED) is 0.706. The molecule has 1 aliphatic rings. The minimum absolute atomic E-state index is 0.0205.